The molecule has 190 valence electrons. The van der Waals surface area contributed by atoms with E-state index in [1.807, 2.05) is 11.0 Å². The molecule has 5 heterocycles. The number of benzene rings is 1. The molecule has 1 aromatic heterocycles. The number of carbonyl (C=O) groups excluding carboxylic acids is 2. The highest BCUT2D eigenvalue weighted by Crippen LogP contribution is 2.40. The Hall–Kier alpha value is -4.53. The number of aromatic nitrogens is 1. The second kappa shape index (κ2) is 9.09. The average molecular weight is 512 g/mol. The van der Waals surface area contributed by atoms with Gasteiger partial charge in [0.15, 0.2) is 0 Å². The number of halogens is 1. The number of allylic oxidation sites excluding steroid dienone is 1. The minimum atomic E-state index is -0.751. The molecule has 10 nitrogen and oxygen atoms in total. The van der Waals surface area contributed by atoms with Crippen LogP contribution in [0.3, 0.4) is 0 Å². The number of amides is 2. The van der Waals surface area contributed by atoms with E-state index >= 15 is 4.39 Å². The smallest absolute Gasteiger partial charge is 0.265 e. The molecule has 0 radical (unpaired) electrons. The van der Waals surface area contributed by atoms with E-state index in [1.165, 1.54) is 30.5 Å². The number of hydrogen-bond acceptors (Lipinski definition) is 7. The maximum Gasteiger partial charge on any atom is 0.265 e. The highest BCUT2D eigenvalue weighted by atomic mass is 19.1. The van der Waals surface area contributed by atoms with Gasteiger partial charge < -0.3 is 10.2 Å². The second-order valence-corrected chi connectivity index (χ2v) is 9.76. The van der Waals surface area contributed by atoms with Crippen LogP contribution in [0.5, 0.6) is 0 Å². The van der Waals surface area contributed by atoms with Gasteiger partial charge in [0, 0.05) is 31.1 Å². The SMILES string of the molecule is N#Cc1ccnc(NC(=O)c2ccc(C3=NC([C@@H]4CC[C@H]5CCC(=O)N5C4)=C4C=NC=C[N+]34N)cc2F)c1. The van der Waals surface area contributed by atoms with E-state index in [0.29, 0.717) is 35.6 Å². The number of pyridine rings is 1. The molecule has 38 heavy (non-hydrogen) atoms. The maximum atomic E-state index is 15.3. The summed E-state index contributed by atoms with van der Waals surface area (Å²) < 4.78 is 15.0. The monoisotopic (exact) mass is 511 g/mol. The normalized spacial score (nSPS) is 25.7. The number of hydrogen-bond donors (Lipinski definition) is 2. The summed E-state index contributed by atoms with van der Waals surface area (Å²) in [5.74, 6) is 6.07. The van der Waals surface area contributed by atoms with Crippen molar-refractivity contribution in [2.24, 2.45) is 21.7 Å². The lowest BCUT2D eigenvalue weighted by Gasteiger charge is -2.35. The number of anilines is 1. The fourth-order valence-corrected chi connectivity index (χ4v) is 5.59. The van der Waals surface area contributed by atoms with Crippen LogP contribution in [0.15, 0.2) is 70.3 Å². The summed E-state index contributed by atoms with van der Waals surface area (Å²) in [6, 6.07) is 9.37. The van der Waals surface area contributed by atoms with Crippen molar-refractivity contribution in [1.29, 1.82) is 5.26 Å². The van der Waals surface area contributed by atoms with E-state index in [4.69, 9.17) is 16.1 Å². The summed E-state index contributed by atoms with van der Waals surface area (Å²) in [6.45, 7) is 0.575. The predicted octanol–water partition coefficient (Wildman–Crippen LogP) is 2.96. The standard InChI is InChI=1S/C27H23FN8O2/c28-21-12-17(2-5-20(21)27(38)33-23-11-16(13-29)7-8-32-23)26-34-25(22-14-31-9-10-36(22,26)30)18-1-3-19-4-6-24(37)35(19)15-18/h2,5,7-12,14,18-19H,1,3-4,6,15,30H2/p+1/t18-,19+,36?/m1/s1. The molecule has 4 aliphatic rings. The second-order valence-electron chi connectivity index (χ2n) is 9.76. The molecule has 0 saturated carbocycles. The summed E-state index contributed by atoms with van der Waals surface area (Å²) in [6.07, 6.45) is 9.56. The van der Waals surface area contributed by atoms with Crippen LogP contribution >= 0.6 is 0 Å². The minimum Gasteiger partial charge on any atom is -0.339 e. The van der Waals surface area contributed by atoms with Gasteiger partial charge in [-0.15, -0.1) is 4.59 Å². The lowest BCUT2D eigenvalue weighted by molar-refractivity contribution is -0.750. The van der Waals surface area contributed by atoms with E-state index < -0.39 is 11.7 Å². The summed E-state index contributed by atoms with van der Waals surface area (Å²) >= 11 is 0. The van der Waals surface area contributed by atoms with E-state index in [9.17, 15) is 9.59 Å². The first-order valence-corrected chi connectivity index (χ1v) is 12.4. The van der Waals surface area contributed by atoms with Crippen LogP contribution in [0.1, 0.15) is 47.2 Å². The Morgan fingerprint density at radius 3 is 2.92 bits per heavy atom. The van der Waals surface area contributed by atoms with E-state index in [-0.39, 0.29) is 33.8 Å². The summed E-state index contributed by atoms with van der Waals surface area (Å²) in [7, 11) is 0. The number of piperidine rings is 1. The van der Waals surface area contributed by atoms with Crippen LogP contribution < -0.4 is 11.2 Å². The lowest BCUT2D eigenvalue weighted by atomic mass is 9.90. The Bertz CT molecular complexity index is 1540. The molecule has 2 saturated heterocycles. The molecule has 3 atom stereocenters. The molecular weight excluding hydrogens is 487 g/mol. The molecule has 1 aromatic carbocycles. The molecule has 1 unspecified atom stereocenters. The van der Waals surface area contributed by atoms with Crippen molar-refractivity contribution in [3.05, 3.63) is 82.8 Å². The van der Waals surface area contributed by atoms with E-state index in [0.717, 1.165) is 25.0 Å². The number of nitrogens with two attached hydrogens (primary N) is 1. The molecule has 2 amide bonds. The van der Waals surface area contributed by atoms with Crippen LogP contribution in [0.4, 0.5) is 10.2 Å². The van der Waals surface area contributed by atoms with E-state index in [1.54, 1.807) is 24.7 Å². The van der Waals surface area contributed by atoms with Crippen molar-refractivity contribution < 1.29 is 18.6 Å². The number of nitrogens with zero attached hydrogens (tertiary/aromatic N) is 6. The summed E-state index contributed by atoms with van der Waals surface area (Å²) in [5, 5.41) is 11.6. The number of fused-ring (bicyclic) bond motifs is 2. The first-order valence-electron chi connectivity index (χ1n) is 12.4. The minimum absolute atomic E-state index is 0.00799. The topological polar surface area (TPSA) is 137 Å². The summed E-state index contributed by atoms with van der Waals surface area (Å²) in [5.41, 5.74) is 1.99. The third-order valence-corrected chi connectivity index (χ3v) is 7.53. The number of aliphatic imine (C=N–C) groups is 2. The van der Waals surface area contributed by atoms with Crippen LogP contribution in [0, 0.1) is 23.1 Å². The van der Waals surface area contributed by atoms with E-state index in [2.05, 4.69) is 15.3 Å². The van der Waals surface area contributed by atoms with Gasteiger partial charge in [0.1, 0.15) is 23.5 Å². The third kappa shape index (κ3) is 3.91. The van der Waals surface area contributed by atoms with Crippen molar-refractivity contribution >= 4 is 29.7 Å². The molecule has 0 bridgehead atoms. The van der Waals surface area contributed by atoms with Gasteiger partial charge >= 0.3 is 0 Å². The highest BCUT2D eigenvalue weighted by molar-refractivity contribution is 6.05. The third-order valence-electron chi connectivity index (χ3n) is 7.53. The zero-order valence-electron chi connectivity index (χ0n) is 20.3. The first-order chi connectivity index (χ1) is 18.4. The Kier molecular flexibility index (Phi) is 5.71. The van der Waals surface area contributed by atoms with Crippen molar-refractivity contribution in [3.8, 4) is 6.07 Å². The number of carbonyl (C=O) groups is 2. The largest absolute Gasteiger partial charge is 0.339 e. The van der Waals surface area contributed by atoms with Crippen molar-refractivity contribution in [1.82, 2.24) is 9.88 Å². The average Bonchev–Trinajstić information content (AvgIpc) is 3.45. The van der Waals surface area contributed by atoms with Crippen LogP contribution in [-0.4, -0.2) is 50.9 Å². The molecule has 0 aliphatic carbocycles. The molecular formula is C27H24FN8O2+. The maximum absolute atomic E-state index is 15.3. The van der Waals surface area contributed by atoms with Gasteiger partial charge in [-0.3, -0.25) is 14.6 Å². The molecule has 3 N–H and O–H groups in total. The van der Waals surface area contributed by atoms with Crippen molar-refractivity contribution in [3.63, 3.8) is 0 Å². The summed E-state index contributed by atoms with van der Waals surface area (Å²) in [4.78, 5) is 40.2. The zero-order chi connectivity index (χ0) is 26.4. The number of nitriles is 1. The number of amidine groups is 1. The van der Waals surface area contributed by atoms with Gasteiger partial charge in [0.05, 0.1) is 35.2 Å². The Morgan fingerprint density at radius 2 is 2.11 bits per heavy atom. The fourth-order valence-electron chi connectivity index (χ4n) is 5.59. The highest BCUT2D eigenvalue weighted by Gasteiger charge is 2.48. The van der Waals surface area contributed by atoms with Crippen molar-refractivity contribution in [2.75, 3.05) is 11.9 Å². The van der Waals surface area contributed by atoms with Crippen molar-refractivity contribution in [2.45, 2.75) is 31.7 Å². The Balaban J connectivity index is 1.29. The Morgan fingerprint density at radius 1 is 1.24 bits per heavy atom. The number of quaternary nitrogens is 1. The van der Waals surface area contributed by atoms with Gasteiger partial charge in [-0.25, -0.2) is 9.37 Å². The van der Waals surface area contributed by atoms with Crippen LogP contribution in [0.25, 0.3) is 0 Å². The number of rotatable bonds is 4. The van der Waals surface area contributed by atoms with Gasteiger partial charge in [-0.2, -0.15) is 16.1 Å². The fraction of sp³-hybridized carbons (Fsp3) is 0.259. The first kappa shape index (κ1) is 23.8. The number of nitrogens with one attached hydrogen (secondary N) is 1. The van der Waals surface area contributed by atoms with Gasteiger partial charge in [0.25, 0.3) is 11.7 Å². The molecule has 11 heteroatoms. The molecule has 0 spiro atoms. The van der Waals surface area contributed by atoms with Gasteiger partial charge in [-0.05, 0) is 49.6 Å². The molecule has 2 aromatic rings. The predicted molar refractivity (Wildman–Crippen MR) is 136 cm³/mol. The van der Waals surface area contributed by atoms with Crippen LogP contribution in [-0.2, 0) is 4.79 Å². The zero-order valence-corrected chi connectivity index (χ0v) is 20.3. The lowest BCUT2D eigenvalue weighted by Crippen LogP contribution is -2.53. The molecule has 4 aliphatic heterocycles. The quantitative estimate of drug-likeness (QED) is 0.480. The van der Waals surface area contributed by atoms with Gasteiger partial charge in [-0.1, -0.05) is 0 Å². The van der Waals surface area contributed by atoms with Gasteiger partial charge in [0.2, 0.25) is 11.6 Å². The molecule has 6 rings (SSSR count). The Labute approximate surface area is 217 Å². The molecule has 2 fully saturated rings. The van der Waals surface area contributed by atoms with Crippen LogP contribution in [0.2, 0.25) is 0 Å².